The van der Waals surface area contributed by atoms with E-state index in [2.05, 4.69) is 15.3 Å². The van der Waals surface area contributed by atoms with Crippen LogP contribution in [0, 0.1) is 12.7 Å². The lowest BCUT2D eigenvalue weighted by molar-refractivity contribution is -0.0167. The van der Waals surface area contributed by atoms with E-state index in [0.29, 0.717) is 48.8 Å². The zero-order valence-corrected chi connectivity index (χ0v) is 16.5. The molecule has 1 saturated carbocycles. The van der Waals surface area contributed by atoms with Crippen LogP contribution >= 0.6 is 0 Å². The largest absolute Gasteiger partial charge is 0.492 e. The molecule has 3 N–H and O–H groups in total. The predicted octanol–water partition coefficient (Wildman–Crippen LogP) is 1.48. The average Bonchev–Trinajstić information content (AvgIpc) is 3.16. The summed E-state index contributed by atoms with van der Waals surface area (Å²) in [5.41, 5.74) is 2.24. The van der Waals surface area contributed by atoms with E-state index in [1.165, 1.54) is 18.5 Å². The molecule has 1 aromatic carbocycles. The molecule has 8 nitrogen and oxygen atoms in total. The second-order valence-corrected chi connectivity index (χ2v) is 7.77. The van der Waals surface area contributed by atoms with Crippen molar-refractivity contribution in [1.29, 1.82) is 0 Å². The molecule has 30 heavy (non-hydrogen) atoms. The number of nitrogens with one attached hydrogen (secondary N) is 1. The van der Waals surface area contributed by atoms with Crippen LogP contribution < -0.4 is 14.8 Å². The van der Waals surface area contributed by atoms with Gasteiger partial charge in [0.1, 0.15) is 54.2 Å². The van der Waals surface area contributed by atoms with Crippen molar-refractivity contribution in [2.75, 3.05) is 13.2 Å². The van der Waals surface area contributed by atoms with Crippen LogP contribution in [0.3, 0.4) is 0 Å². The number of fused-ring (bicyclic) bond motifs is 2. The summed E-state index contributed by atoms with van der Waals surface area (Å²) >= 11 is 0. The lowest BCUT2D eigenvalue weighted by Gasteiger charge is -2.21. The number of rotatable bonds is 3. The third-order valence-corrected chi connectivity index (χ3v) is 5.91. The normalized spacial score (nSPS) is 26.3. The van der Waals surface area contributed by atoms with Crippen LogP contribution in [-0.2, 0) is 6.54 Å². The molecule has 5 rings (SSSR count). The molecule has 3 heterocycles. The Morgan fingerprint density at radius 3 is 3.00 bits per heavy atom. The maximum absolute atomic E-state index is 14.1. The minimum absolute atomic E-state index is 0.312. The third kappa shape index (κ3) is 3.19. The molecule has 1 aliphatic carbocycles. The Labute approximate surface area is 172 Å². The van der Waals surface area contributed by atoms with Crippen molar-refractivity contribution in [2.45, 2.75) is 44.2 Å². The molecule has 1 aliphatic heterocycles. The van der Waals surface area contributed by atoms with Crippen LogP contribution in [0.2, 0.25) is 0 Å². The molecule has 9 heteroatoms. The predicted molar refractivity (Wildman–Crippen MR) is 106 cm³/mol. The van der Waals surface area contributed by atoms with E-state index in [0.717, 1.165) is 11.1 Å². The van der Waals surface area contributed by atoms with Crippen LogP contribution in [0.15, 0.2) is 30.7 Å². The zero-order chi connectivity index (χ0) is 20.8. The van der Waals surface area contributed by atoms with Gasteiger partial charge in [-0.25, -0.2) is 14.4 Å². The first kappa shape index (κ1) is 19.2. The molecule has 0 bridgehead atoms. The Balaban J connectivity index is 1.45. The molecule has 2 aliphatic rings. The second-order valence-electron chi connectivity index (χ2n) is 7.77. The smallest absolute Gasteiger partial charge is 0.143 e. The number of aliphatic hydroxyl groups excluding tert-OH is 2. The molecule has 158 valence electrons. The Kier molecular flexibility index (Phi) is 4.80. The first-order valence-corrected chi connectivity index (χ1v) is 10.00. The van der Waals surface area contributed by atoms with Crippen molar-refractivity contribution in [1.82, 2.24) is 19.9 Å². The molecular weight excluding hydrogens is 391 g/mol. The quantitative estimate of drug-likeness (QED) is 0.597. The summed E-state index contributed by atoms with van der Waals surface area (Å²) in [5, 5.41) is 25.5. The summed E-state index contributed by atoms with van der Waals surface area (Å²) in [6.07, 6.45) is 0.765. The Bertz CT molecular complexity index is 1090. The van der Waals surface area contributed by atoms with Gasteiger partial charge in [0.25, 0.3) is 0 Å². The van der Waals surface area contributed by atoms with Crippen molar-refractivity contribution < 1.29 is 24.1 Å². The van der Waals surface area contributed by atoms with E-state index < -0.39 is 30.2 Å². The third-order valence-electron chi connectivity index (χ3n) is 5.91. The van der Waals surface area contributed by atoms with Gasteiger partial charge < -0.3 is 29.6 Å². The Hall–Kier alpha value is -2.75. The highest BCUT2D eigenvalue weighted by atomic mass is 19.1. The number of aromatic nitrogens is 3. The summed E-state index contributed by atoms with van der Waals surface area (Å²) in [5.74, 6) is 0.272. The Morgan fingerprint density at radius 1 is 1.27 bits per heavy atom. The van der Waals surface area contributed by atoms with Gasteiger partial charge >= 0.3 is 0 Å². The van der Waals surface area contributed by atoms with E-state index in [9.17, 15) is 14.6 Å². The monoisotopic (exact) mass is 414 g/mol. The highest BCUT2D eigenvalue weighted by molar-refractivity contribution is 5.78. The number of halogens is 1. The zero-order valence-electron chi connectivity index (χ0n) is 16.5. The van der Waals surface area contributed by atoms with E-state index in [4.69, 9.17) is 9.47 Å². The fourth-order valence-corrected chi connectivity index (χ4v) is 4.33. The van der Waals surface area contributed by atoms with Crippen molar-refractivity contribution in [3.63, 3.8) is 0 Å². The van der Waals surface area contributed by atoms with Gasteiger partial charge in [0.2, 0.25) is 0 Å². The summed E-state index contributed by atoms with van der Waals surface area (Å²) in [6, 6.07) is 4.10. The standard InChI is InChI=1S/C21H23FN4O4/c1-11-13-2-4-26(21(13)25-10-24-11)15-8-18(20(28)19(15)27)30-17-7-12(22)6-16-14(17)9-23-3-5-29-16/h2,4,6-7,10,15,18-20,23,27-28H,3,5,8-9H2,1H3. The van der Waals surface area contributed by atoms with E-state index >= 15 is 0 Å². The maximum Gasteiger partial charge on any atom is 0.143 e. The molecule has 0 amide bonds. The van der Waals surface area contributed by atoms with Gasteiger partial charge in [-0.3, -0.25) is 0 Å². The summed E-state index contributed by atoms with van der Waals surface area (Å²) in [4.78, 5) is 8.53. The summed E-state index contributed by atoms with van der Waals surface area (Å²) in [6.45, 7) is 3.44. The molecule has 0 spiro atoms. The van der Waals surface area contributed by atoms with Crippen LogP contribution in [0.1, 0.15) is 23.7 Å². The number of aryl methyl sites for hydroxylation is 1. The van der Waals surface area contributed by atoms with Crippen LogP contribution in [0.4, 0.5) is 4.39 Å². The molecule has 0 radical (unpaired) electrons. The molecule has 4 atom stereocenters. The van der Waals surface area contributed by atoms with Gasteiger partial charge in [0, 0.05) is 43.2 Å². The number of ether oxygens (including phenoxy) is 2. The number of nitrogens with zero attached hydrogens (tertiary/aromatic N) is 3. The fraction of sp³-hybridized carbons (Fsp3) is 0.429. The lowest BCUT2D eigenvalue weighted by atomic mass is 10.1. The topological polar surface area (TPSA) is 102 Å². The van der Waals surface area contributed by atoms with Gasteiger partial charge in [0.15, 0.2) is 0 Å². The Morgan fingerprint density at radius 2 is 2.13 bits per heavy atom. The molecule has 1 fully saturated rings. The van der Waals surface area contributed by atoms with E-state index in [-0.39, 0.29) is 0 Å². The average molecular weight is 414 g/mol. The van der Waals surface area contributed by atoms with Crippen LogP contribution in [0.25, 0.3) is 11.0 Å². The molecule has 3 aromatic rings. The van der Waals surface area contributed by atoms with Crippen molar-refractivity contribution >= 4 is 11.0 Å². The molecule has 2 aromatic heterocycles. The van der Waals surface area contributed by atoms with Gasteiger partial charge in [0.05, 0.1) is 17.3 Å². The lowest BCUT2D eigenvalue weighted by Crippen LogP contribution is -2.34. The van der Waals surface area contributed by atoms with Gasteiger partial charge in [-0.1, -0.05) is 0 Å². The fourth-order valence-electron chi connectivity index (χ4n) is 4.33. The van der Waals surface area contributed by atoms with Gasteiger partial charge in [-0.15, -0.1) is 0 Å². The summed E-state index contributed by atoms with van der Waals surface area (Å²) in [7, 11) is 0. The minimum atomic E-state index is -1.13. The highest BCUT2D eigenvalue weighted by Crippen LogP contribution is 2.38. The number of benzene rings is 1. The van der Waals surface area contributed by atoms with E-state index in [1.54, 1.807) is 0 Å². The van der Waals surface area contributed by atoms with Gasteiger partial charge in [-0.05, 0) is 13.0 Å². The van der Waals surface area contributed by atoms with Crippen molar-refractivity contribution in [3.8, 4) is 11.5 Å². The van der Waals surface area contributed by atoms with Gasteiger partial charge in [-0.2, -0.15) is 0 Å². The SMILES string of the molecule is Cc1ncnc2c1ccn2C1CC(Oc2cc(F)cc3c2CNCCO3)C(O)C1O. The molecular formula is C21H23FN4O4. The molecule has 0 saturated heterocycles. The van der Waals surface area contributed by atoms with Crippen LogP contribution in [0.5, 0.6) is 11.5 Å². The van der Waals surface area contributed by atoms with E-state index in [1.807, 2.05) is 23.8 Å². The first-order valence-electron chi connectivity index (χ1n) is 10.00. The number of hydrogen-bond acceptors (Lipinski definition) is 7. The van der Waals surface area contributed by atoms with Crippen molar-refractivity contribution in [3.05, 3.63) is 47.8 Å². The minimum Gasteiger partial charge on any atom is -0.492 e. The first-order chi connectivity index (χ1) is 14.5. The van der Waals surface area contributed by atoms with Crippen LogP contribution in [-0.4, -0.2) is 56.2 Å². The number of aliphatic hydroxyl groups is 2. The number of hydrogen-bond donors (Lipinski definition) is 3. The second kappa shape index (κ2) is 7.50. The maximum atomic E-state index is 14.1. The summed E-state index contributed by atoms with van der Waals surface area (Å²) < 4.78 is 27.6. The molecule has 4 unspecified atom stereocenters. The van der Waals surface area contributed by atoms with Crippen molar-refractivity contribution in [2.24, 2.45) is 0 Å². The highest BCUT2D eigenvalue weighted by Gasteiger charge is 2.44.